The molecule has 1 saturated heterocycles. The zero-order valence-electron chi connectivity index (χ0n) is 16.3. The Kier molecular flexibility index (Phi) is 5.00. The van der Waals surface area contributed by atoms with Crippen molar-refractivity contribution in [1.82, 2.24) is 4.90 Å². The first-order valence-electron chi connectivity index (χ1n) is 10.1. The van der Waals surface area contributed by atoms with E-state index in [0.717, 1.165) is 30.3 Å². The summed E-state index contributed by atoms with van der Waals surface area (Å²) < 4.78 is 28.4. The quantitative estimate of drug-likeness (QED) is 0.704. The van der Waals surface area contributed by atoms with Crippen LogP contribution in [0.5, 0.6) is 0 Å². The molecule has 3 aliphatic heterocycles. The average Bonchev–Trinajstić information content (AvgIpc) is 3.31. The number of thioether (sulfide) groups is 1. The van der Waals surface area contributed by atoms with Gasteiger partial charge in [0.2, 0.25) is 0 Å². The monoisotopic (exact) mass is 411 g/mol. The highest BCUT2D eigenvalue weighted by Crippen LogP contribution is 2.40. The van der Waals surface area contributed by atoms with E-state index in [1.54, 1.807) is 0 Å². The SMILES string of the molecule is CC1SC(c2ccccc2)=NC1N1CCC2=NC(c3c(F)cccc3F)CC2C1. The number of halogens is 2. The molecule has 4 unspecified atom stereocenters. The second-order valence-corrected chi connectivity index (χ2v) is 9.35. The smallest absolute Gasteiger partial charge is 0.131 e. The molecule has 5 rings (SSSR count). The van der Waals surface area contributed by atoms with Crippen molar-refractivity contribution in [2.75, 3.05) is 13.1 Å². The van der Waals surface area contributed by atoms with Crippen molar-refractivity contribution in [2.45, 2.75) is 37.2 Å². The topological polar surface area (TPSA) is 28.0 Å². The Morgan fingerprint density at radius 3 is 2.52 bits per heavy atom. The van der Waals surface area contributed by atoms with Gasteiger partial charge >= 0.3 is 0 Å². The molecule has 0 amide bonds. The average molecular weight is 412 g/mol. The lowest BCUT2D eigenvalue weighted by molar-refractivity contribution is 0.177. The van der Waals surface area contributed by atoms with E-state index < -0.39 is 17.7 Å². The van der Waals surface area contributed by atoms with E-state index in [1.807, 2.05) is 30.0 Å². The number of rotatable bonds is 3. The second-order valence-electron chi connectivity index (χ2n) is 7.99. The minimum absolute atomic E-state index is 0.120. The normalized spacial score (nSPS) is 29.5. The number of benzene rings is 2. The van der Waals surface area contributed by atoms with Crippen LogP contribution in [-0.4, -0.2) is 40.2 Å². The van der Waals surface area contributed by atoms with Crippen molar-refractivity contribution in [3.8, 4) is 0 Å². The Bertz CT molecular complexity index is 955. The summed E-state index contributed by atoms with van der Waals surface area (Å²) in [6, 6.07) is 14.0. The van der Waals surface area contributed by atoms with E-state index in [0.29, 0.717) is 11.7 Å². The fraction of sp³-hybridized carbons (Fsp3) is 0.391. The molecule has 150 valence electrons. The zero-order valence-corrected chi connectivity index (χ0v) is 17.1. The van der Waals surface area contributed by atoms with E-state index in [4.69, 9.17) is 9.98 Å². The van der Waals surface area contributed by atoms with Crippen LogP contribution in [0.4, 0.5) is 8.78 Å². The Labute approximate surface area is 173 Å². The third-order valence-corrected chi connectivity index (χ3v) is 7.29. The van der Waals surface area contributed by atoms with Crippen LogP contribution in [0.15, 0.2) is 58.5 Å². The van der Waals surface area contributed by atoms with Crippen LogP contribution in [0, 0.1) is 17.6 Å². The predicted molar refractivity (Wildman–Crippen MR) is 115 cm³/mol. The van der Waals surface area contributed by atoms with Gasteiger partial charge in [0.05, 0.1) is 6.04 Å². The van der Waals surface area contributed by atoms with E-state index in [2.05, 4.69) is 24.0 Å². The van der Waals surface area contributed by atoms with Gasteiger partial charge in [0.1, 0.15) is 22.8 Å². The molecule has 0 N–H and O–H groups in total. The van der Waals surface area contributed by atoms with Gasteiger partial charge in [-0.1, -0.05) is 48.2 Å². The van der Waals surface area contributed by atoms with E-state index >= 15 is 0 Å². The Morgan fingerprint density at radius 2 is 1.76 bits per heavy atom. The van der Waals surface area contributed by atoms with Gasteiger partial charge in [-0.05, 0) is 31.9 Å². The van der Waals surface area contributed by atoms with Crippen molar-refractivity contribution < 1.29 is 8.78 Å². The Hall–Kier alpha value is -2.05. The van der Waals surface area contributed by atoms with Crippen LogP contribution in [0.1, 0.15) is 36.9 Å². The van der Waals surface area contributed by atoms with Gasteiger partial charge in [-0.25, -0.2) is 8.78 Å². The van der Waals surface area contributed by atoms with Gasteiger partial charge in [-0.2, -0.15) is 0 Å². The molecular weight excluding hydrogens is 388 g/mol. The molecule has 0 radical (unpaired) electrons. The molecule has 3 nitrogen and oxygen atoms in total. The van der Waals surface area contributed by atoms with Crippen LogP contribution in [0.25, 0.3) is 0 Å². The predicted octanol–water partition coefficient (Wildman–Crippen LogP) is 5.08. The molecule has 6 heteroatoms. The van der Waals surface area contributed by atoms with Crippen molar-refractivity contribution in [3.05, 3.63) is 71.3 Å². The number of aliphatic imine (C=N–C) groups is 2. The minimum Gasteiger partial charge on any atom is -0.285 e. The van der Waals surface area contributed by atoms with Crippen LogP contribution in [-0.2, 0) is 0 Å². The molecule has 2 aromatic carbocycles. The van der Waals surface area contributed by atoms with Gasteiger partial charge in [0, 0.05) is 41.1 Å². The van der Waals surface area contributed by atoms with Crippen LogP contribution in [0.2, 0.25) is 0 Å². The summed E-state index contributed by atoms with van der Waals surface area (Å²) in [5.41, 5.74) is 2.40. The third kappa shape index (κ3) is 3.53. The minimum atomic E-state index is -0.493. The molecule has 1 fully saturated rings. The number of likely N-dealkylation sites (tertiary alicyclic amines) is 1. The maximum absolute atomic E-state index is 14.2. The van der Waals surface area contributed by atoms with Gasteiger partial charge in [0.25, 0.3) is 0 Å². The molecule has 3 aliphatic rings. The number of fused-ring (bicyclic) bond motifs is 1. The maximum atomic E-state index is 14.2. The maximum Gasteiger partial charge on any atom is 0.131 e. The van der Waals surface area contributed by atoms with Crippen molar-refractivity contribution >= 4 is 22.5 Å². The third-order valence-electron chi connectivity index (χ3n) is 6.11. The molecule has 3 heterocycles. The summed E-state index contributed by atoms with van der Waals surface area (Å²) in [4.78, 5) is 12.2. The fourth-order valence-corrected chi connectivity index (χ4v) is 5.84. The molecule has 2 aromatic rings. The largest absolute Gasteiger partial charge is 0.285 e. The summed E-state index contributed by atoms with van der Waals surface area (Å²) in [6.07, 6.45) is 1.66. The molecule has 0 spiro atoms. The summed E-state index contributed by atoms with van der Waals surface area (Å²) in [5, 5.41) is 1.48. The zero-order chi connectivity index (χ0) is 20.0. The highest BCUT2D eigenvalue weighted by atomic mass is 32.2. The number of piperidine rings is 1. The van der Waals surface area contributed by atoms with Crippen LogP contribution < -0.4 is 0 Å². The Balaban J connectivity index is 1.32. The van der Waals surface area contributed by atoms with Crippen molar-refractivity contribution in [1.29, 1.82) is 0 Å². The molecule has 4 atom stereocenters. The van der Waals surface area contributed by atoms with E-state index in [9.17, 15) is 8.78 Å². The van der Waals surface area contributed by atoms with Gasteiger partial charge in [0.15, 0.2) is 0 Å². The first kappa shape index (κ1) is 18.9. The van der Waals surface area contributed by atoms with Crippen molar-refractivity contribution in [2.24, 2.45) is 15.9 Å². The molecule has 0 aliphatic carbocycles. The first-order valence-corrected chi connectivity index (χ1v) is 11.0. The fourth-order valence-electron chi connectivity index (χ4n) is 4.69. The number of nitrogens with zero attached hydrogens (tertiary/aromatic N) is 3. The van der Waals surface area contributed by atoms with Crippen LogP contribution in [0.3, 0.4) is 0 Å². The van der Waals surface area contributed by atoms with E-state index in [-0.39, 0.29) is 17.6 Å². The summed E-state index contributed by atoms with van der Waals surface area (Å²) >= 11 is 1.83. The van der Waals surface area contributed by atoms with Gasteiger partial charge < -0.3 is 0 Å². The highest BCUT2D eigenvalue weighted by molar-refractivity contribution is 8.15. The summed E-state index contributed by atoms with van der Waals surface area (Å²) in [7, 11) is 0. The van der Waals surface area contributed by atoms with Gasteiger partial charge in [-0.15, -0.1) is 0 Å². The summed E-state index contributed by atoms with van der Waals surface area (Å²) in [5.74, 6) is -0.735. The van der Waals surface area contributed by atoms with E-state index in [1.165, 1.54) is 23.8 Å². The Morgan fingerprint density at radius 1 is 1.00 bits per heavy atom. The first-order chi connectivity index (χ1) is 14.1. The standard InChI is InChI=1S/C23H23F2N3S/c1-14-22(27-23(29-14)15-6-3-2-4-7-15)28-11-10-19-16(13-28)12-20(26-19)21-17(24)8-5-9-18(21)25/h2-9,14,16,20,22H,10-13H2,1H3. The van der Waals surface area contributed by atoms with Crippen molar-refractivity contribution in [3.63, 3.8) is 0 Å². The lowest BCUT2D eigenvalue weighted by Gasteiger charge is -2.35. The van der Waals surface area contributed by atoms with Crippen LogP contribution >= 0.6 is 11.8 Å². The highest BCUT2D eigenvalue weighted by Gasteiger charge is 2.40. The number of hydrogen-bond acceptors (Lipinski definition) is 4. The second kappa shape index (κ2) is 7.65. The molecule has 0 bridgehead atoms. The summed E-state index contributed by atoms with van der Waals surface area (Å²) in [6.45, 7) is 3.97. The lowest BCUT2D eigenvalue weighted by Crippen LogP contribution is -2.46. The number of hydrogen-bond donors (Lipinski definition) is 0. The lowest BCUT2D eigenvalue weighted by atomic mass is 9.91. The van der Waals surface area contributed by atoms with Gasteiger partial charge in [-0.3, -0.25) is 14.9 Å². The molecule has 29 heavy (non-hydrogen) atoms. The molecule has 0 aromatic heterocycles. The molecular formula is C23H23F2N3S. The molecule has 0 saturated carbocycles.